The Morgan fingerprint density at radius 3 is 2.27 bits per heavy atom. The molecule has 0 aliphatic rings. The lowest BCUT2D eigenvalue weighted by molar-refractivity contribution is 0.458. The van der Waals surface area contributed by atoms with E-state index in [1.165, 1.54) is 0 Å². The Bertz CT molecular complexity index is 331. The van der Waals surface area contributed by atoms with Crippen LogP contribution in [0, 0.1) is 0 Å². The van der Waals surface area contributed by atoms with Crippen molar-refractivity contribution < 1.29 is 0 Å². The summed E-state index contributed by atoms with van der Waals surface area (Å²) in [5.41, 5.74) is 0. The number of alkyl halides is 5. The first-order valence-electron chi connectivity index (χ1n) is 4.03. The monoisotopic (exact) mass is 310 g/mol. The molecule has 86 valence electrons. The van der Waals surface area contributed by atoms with Crippen LogP contribution < -0.4 is 0 Å². The van der Waals surface area contributed by atoms with Crippen molar-refractivity contribution in [3.8, 4) is 0 Å². The van der Waals surface area contributed by atoms with Crippen LogP contribution in [0.4, 0.5) is 0 Å². The molecule has 15 heavy (non-hydrogen) atoms. The summed E-state index contributed by atoms with van der Waals surface area (Å²) < 4.78 is -3.82. The molecule has 1 heterocycles. The Morgan fingerprint density at radius 1 is 1.20 bits per heavy atom. The van der Waals surface area contributed by atoms with Gasteiger partial charge in [0.2, 0.25) is 3.79 Å². The summed E-state index contributed by atoms with van der Waals surface area (Å²) in [4.78, 5) is 0.883. The lowest BCUT2D eigenvalue weighted by atomic mass is 10.3. The van der Waals surface area contributed by atoms with E-state index in [-0.39, 0.29) is 0 Å². The van der Waals surface area contributed by atoms with E-state index in [4.69, 9.17) is 58.0 Å². The Labute approximate surface area is 112 Å². The molecule has 4 nitrogen and oxygen atoms in total. The third kappa shape index (κ3) is 3.01. The molecule has 0 aliphatic carbocycles. The summed E-state index contributed by atoms with van der Waals surface area (Å²) in [6.45, 7) is 1.98. The summed E-state index contributed by atoms with van der Waals surface area (Å²) >= 11 is 28.4. The van der Waals surface area contributed by atoms with Crippen LogP contribution in [-0.4, -0.2) is 24.0 Å². The molecule has 1 aromatic rings. The molecular weight excluding hydrogens is 305 g/mol. The highest BCUT2D eigenvalue weighted by Crippen LogP contribution is 2.48. The second-order valence-electron chi connectivity index (χ2n) is 2.78. The Balaban J connectivity index is 2.95. The molecule has 1 rings (SSSR count). The molecule has 0 atom stereocenters. The van der Waals surface area contributed by atoms with Crippen molar-refractivity contribution in [3.63, 3.8) is 0 Å². The standard InChI is InChI=1S/C6H7Cl5N4/c1-2-3-4-12-14-15(13-4)6(10,11)5(7,8)9/h2-3H2,1H3. The number of hydrogen-bond acceptors (Lipinski definition) is 3. The number of nitrogens with zero attached hydrogens (tertiary/aromatic N) is 4. The van der Waals surface area contributed by atoms with Gasteiger partial charge in [0.05, 0.1) is 0 Å². The van der Waals surface area contributed by atoms with Gasteiger partial charge in [-0.1, -0.05) is 64.9 Å². The lowest BCUT2D eigenvalue weighted by Gasteiger charge is -2.24. The second-order valence-corrected chi connectivity index (χ2v) is 6.35. The van der Waals surface area contributed by atoms with Crippen LogP contribution in [0.3, 0.4) is 0 Å². The molecule has 0 unspecified atom stereocenters. The van der Waals surface area contributed by atoms with Crippen molar-refractivity contribution in [3.05, 3.63) is 5.82 Å². The van der Waals surface area contributed by atoms with Crippen molar-refractivity contribution in [2.24, 2.45) is 0 Å². The molecule has 0 radical (unpaired) electrons. The van der Waals surface area contributed by atoms with E-state index >= 15 is 0 Å². The average Bonchev–Trinajstić information content (AvgIpc) is 2.51. The number of halogens is 5. The molecule has 9 heteroatoms. The van der Waals surface area contributed by atoms with E-state index in [1.54, 1.807) is 0 Å². The highest BCUT2D eigenvalue weighted by Gasteiger charge is 2.50. The Hall–Kier alpha value is 0.520. The summed E-state index contributed by atoms with van der Waals surface area (Å²) in [6, 6.07) is 0. The van der Waals surface area contributed by atoms with Gasteiger partial charge >= 0.3 is 0 Å². The molecule has 0 aliphatic heterocycles. The van der Waals surface area contributed by atoms with E-state index in [9.17, 15) is 0 Å². The summed E-state index contributed by atoms with van der Waals surface area (Å²) in [5, 5.41) is 11.3. The minimum Gasteiger partial charge on any atom is -0.133 e. The molecule has 0 saturated carbocycles. The fourth-order valence-corrected chi connectivity index (χ4v) is 1.17. The van der Waals surface area contributed by atoms with Crippen LogP contribution in [0.15, 0.2) is 0 Å². The van der Waals surface area contributed by atoms with Crippen molar-refractivity contribution in [1.29, 1.82) is 0 Å². The minimum absolute atomic E-state index is 0.498. The summed E-state index contributed by atoms with van der Waals surface area (Å²) in [7, 11) is 0. The lowest BCUT2D eigenvalue weighted by Crippen LogP contribution is -2.36. The predicted molar refractivity (Wildman–Crippen MR) is 61.8 cm³/mol. The van der Waals surface area contributed by atoms with Gasteiger partial charge in [0, 0.05) is 6.42 Å². The molecule has 0 amide bonds. The SMILES string of the molecule is CCCc1nnn(C(Cl)(Cl)C(Cl)(Cl)Cl)n1. The normalized spacial score (nSPS) is 13.2. The first kappa shape index (κ1) is 13.6. The molecule has 0 fully saturated rings. The highest BCUT2D eigenvalue weighted by atomic mass is 35.6. The van der Waals surface area contributed by atoms with Crippen LogP contribution >= 0.6 is 58.0 Å². The molecule has 1 aromatic heterocycles. The first-order valence-corrected chi connectivity index (χ1v) is 5.92. The van der Waals surface area contributed by atoms with Gasteiger partial charge in [-0.25, -0.2) is 0 Å². The third-order valence-corrected chi connectivity index (χ3v) is 3.79. The molecule has 0 saturated heterocycles. The highest BCUT2D eigenvalue weighted by molar-refractivity contribution is 6.74. The zero-order valence-electron chi connectivity index (χ0n) is 7.59. The van der Waals surface area contributed by atoms with Crippen LogP contribution in [0.2, 0.25) is 0 Å². The fourth-order valence-electron chi connectivity index (χ4n) is 0.799. The van der Waals surface area contributed by atoms with Gasteiger partial charge in [-0.05, 0) is 11.6 Å². The van der Waals surface area contributed by atoms with Crippen LogP contribution in [0.1, 0.15) is 19.2 Å². The number of tetrazole rings is 1. The maximum Gasteiger partial charge on any atom is 0.276 e. The summed E-state index contributed by atoms with van der Waals surface area (Å²) in [6.07, 6.45) is 1.53. The van der Waals surface area contributed by atoms with Crippen LogP contribution in [0.5, 0.6) is 0 Å². The van der Waals surface area contributed by atoms with E-state index in [0.717, 1.165) is 11.2 Å². The van der Waals surface area contributed by atoms with Gasteiger partial charge in [-0.2, -0.15) is 0 Å². The molecule has 0 spiro atoms. The number of rotatable bonds is 3. The van der Waals surface area contributed by atoms with Gasteiger partial charge < -0.3 is 0 Å². The number of aryl methyl sites for hydroxylation is 1. The molecule has 0 N–H and O–H groups in total. The van der Waals surface area contributed by atoms with Gasteiger partial charge in [0.15, 0.2) is 5.82 Å². The first-order chi connectivity index (χ1) is 6.79. The zero-order valence-corrected chi connectivity index (χ0v) is 11.4. The Kier molecular flexibility index (Phi) is 4.35. The summed E-state index contributed by atoms with van der Waals surface area (Å²) in [5.74, 6) is 0.498. The van der Waals surface area contributed by atoms with Crippen molar-refractivity contribution in [1.82, 2.24) is 20.2 Å². The number of hydrogen-bond donors (Lipinski definition) is 0. The van der Waals surface area contributed by atoms with E-state index < -0.39 is 8.25 Å². The average molecular weight is 312 g/mol. The van der Waals surface area contributed by atoms with E-state index in [0.29, 0.717) is 12.2 Å². The van der Waals surface area contributed by atoms with E-state index in [2.05, 4.69) is 15.4 Å². The maximum absolute atomic E-state index is 5.82. The third-order valence-electron chi connectivity index (χ3n) is 1.52. The van der Waals surface area contributed by atoms with Crippen molar-refractivity contribution in [2.75, 3.05) is 0 Å². The van der Waals surface area contributed by atoms with Gasteiger partial charge in [-0.3, -0.25) is 0 Å². The fraction of sp³-hybridized carbons (Fsp3) is 0.833. The largest absolute Gasteiger partial charge is 0.276 e. The molecule has 0 bridgehead atoms. The van der Waals surface area contributed by atoms with Crippen LogP contribution in [0.25, 0.3) is 0 Å². The topological polar surface area (TPSA) is 43.6 Å². The zero-order chi connectivity index (χ0) is 11.7. The Morgan fingerprint density at radius 2 is 1.80 bits per heavy atom. The van der Waals surface area contributed by atoms with Gasteiger partial charge in [0.1, 0.15) is 0 Å². The minimum atomic E-state index is -1.94. The molecular formula is C6H7Cl5N4. The van der Waals surface area contributed by atoms with Gasteiger partial charge in [-0.15, -0.1) is 15.0 Å². The number of aromatic nitrogens is 4. The second kappa shape index (κ2) is 4.80. The molecule has 0 aromatic carbocycles. The predicted octanol–water partition coefficient (Wildman–Crippen LogP) is 3.08. The maximum atomic E-state index is 5.82. The van der Waals surface area contributed by atoms with Crippen molar-refractivity contribution in [2.45, 2.75) is 28.0 Å². The van der Waals surface area contributed by atoms with Crippen LogP contribution in [-0.2, 0) is 10.9 Å². The van der Waals surface area contributed by atoms with E-state index in [1.807, 2.05) is 6.92 Å². The quantitative estimate of drug-likeness (QED) is 0.806. The van der Waals surface area contributed by atoms with Gasteiger partial charge in [0.25, 0.3) is 4.46 Å². The smallest absolute Gasteiger partial charge is 0.133 e. The van der Waals surface area contributed by atoms with Crippen molar-refractivity contribution >= 4 is 58.0 Å².